The van der Waals surface area contributed by atoms with Crippen molar-refractivity contribution >= 4 is 17.8 Å². The minimum absolute atomic E-state index is 0. The van der Waals surface area contributed by atoms with Crippen molar-refractivity contribution < 1.29 is 71.2 Å². The summed E-state index contributed by atoms with van der Waals surface area (Å²) in [7, 11) is 0. The number of nitrogens with one attached hydrogen (secondary N) is 1. The van der Waals surface area contributed by atoms with Crippen molar-refractivity contribution in [2.75, 3.05) is 6.54 Å². The summed E-state index contributed by atoms with van der Waals surface area (Å²) in [5.74, 6) is -1.32. The molecule has 0 aromatic heterocycles. The molecule has 0 aliphatic heterocycles. The van der Waals surface area contributed by atoms with Gasteiger partial charge in [-0.2, -0.15) is 0 Å². The first-order valence-electron chi connectivity index (χ1n) is 13.2. The van der Waals surface area contributed by atoms with Crippen LogP contribution in [0.25, 0.3) is 0 Å². The van der Waals surface area contributed by atoms with Gasteiger partial charge in [-0.3, -0.25) is 4.79 Å². The molecule has 0 radical (unpaired) electrons. The summed E-state index contributed by atoms with van der Waals surface area (Å²) in [4.78, 5) is 28.0. The Bertz CT molecular complexity index is 515. The number of unbranched alkanes of at least 4 members (excludes halogenated alkanes) is 10. The number of carbonyl (C=O) groups is 2. The van der Waals surface area contributed by atoms with Crippen LogP contribution in [0.3, 0.4) is 0 Å². The molecule has 6 nitrogen and oxygen atoms in total. The van der Waals surface area contributed by atoms with E-state index < -0.39 is 12.0 Å². The first kappa shape index (κ1) is 35.2. The van der Waals surface area contributed by atoms with Gasteiger partial charge in [0.1, 0.15) is 6.04 Å². The summed E-state index contributed by atoms with van der Waals surface area (Å²) in [6.45, 7) is 6.70. The number of carboxylic acid groups (broad SMARTS) is 1. The Morgan fingerprint density at radius 1 is 0.818 bits per heavy atom. The van der Waals surface area contributed by atoms with Gasteiger partial charge < -0.3 is 20.5 Å². The van der Waals surface area contributed by atoms with Crippen LogP contribution in [-0.2, 0) is 9.59 Å². The zero-order chi connectivity index (χ0) is 24.0. The molecular formula is C26H49KN2O4. The fourth-order valence-corrected chi connectivity index (χ4v) is 3.85. The van der Waals surface area contributed by atoms with E-state index in [9.17, 15) is 19.8 Å². The molecule has 0 aliphatic carbocycles. The topological polar surface area (TPSA) is 102 Å². The number of aliphatic imine (C=N–C) groups is 1. The van der Waals surface area contributed by atoms with Crippen LogP contribution >= 0.6 is 0 Å². The van der Waals surface area contributed by atoms with Gasteiger partial charge in [0.05, 0.1) is 0 Å². The largest absolute Gasteiger partial charge is 1.00 e. The number of carbonyl (C=O) groups excluding carboxylic acids is 1. The molecule has 0 heterocycles. The maximum atomic E-state index is 12.4. The van der Waals surface area contributed by atoms with E-state index in [0.717, 1.165) is 38.5 Å². The third-order valence-corrected chi connectivity index (χ3v) is 6.07. The second kappa shape index (κ2) is 25.1. The molecule has 0 spiro atoms. The molecule has 7 heteroatoms. The van der Waals surface area contributed by atoms with E-state index in [4.69, 9.17) is 0 Å². The first-order valence-corrected chi connectivity index (χ1v) is 13.2. The van der Waals surface area contributed by atoms with E-state index in [0.29, 0.717) is 32.2 Å². The van der Waals surface area contributed by atoms with E-state index in [2.05, 4.69) is 24.2 Å². The SMILES string of the molecule is CCCCCCCCCCCC([O-])=NCCCCC(NC(=O)C(CC)CCCC)C(=O)O.[K+]. The Hall–Kier alpha value is 0.0464. The molecule has 0 aromatic rings. The smallest absolute Gasteiger partial charge is 0.862 e. The van der Waals surface area contributed by atoms with Crippen molar-refractivity contribution in [1.29, 1.82) is 0 Å². The number of rotatable bonds is 22. The summed E-state index contributed by atoms with van der Waals surface area (Å²) in [5.41, 5.74) is 0. The van der Waals surface area contributed by atoms with Gasteiger partial charge in [-0.25, -0.2) is 4.79 Å². The maximum Gasteiger partial charge on any atom is 1.00 e. The summed E-state index contributed by atoms with van der Waals surface area (Å²) in [5, 5.41) is 24.0. The molecule has 0 fully saturated rings. The van der Waals surface area contributed by atoms with E-state index in [-0.39, 0.29) is 69.1 Å². The number of hydrogen-bond acceptors (Lipinski definition) is 4. The number of amides is 1. The molecule has 1 amide bonds. The van der Waals surface area contributed by atoms with Crippen molar-refractivity contribution in [3.63, 3.8) is 0 Å². The fraction of sp³-hybridized carbons (Fsp3) is 0.885. The van der Waals surface area contributed by atoms with E-state index in [1.54, 1.807) is 0 Å². The molecule has 188 valence electrons. The minimum Gasteiger partial charge on any atom is -0.862 e. The van der Waals surface area contributed by atoms with Gasteiger partial charge >= 0.3 is 57.4 Å². The Morgan fingerprint density at radius 2 is 1.39 bits per heavy atom. The number of nitrogens with zero attached hydrogens (tertiary/aromatic N) is 1. The number of hydrogen-bond donors (Lipinski definition) is 2. The van der Waals surface area contributed by atoms with Gasteiger partial charge in [-0.1, -0.05) is 85.0 Å². The van der Waals surface area contributed by atoms with Crippen molar-refractivity contribution in [2.45, 2.75) is 136 Å². The Morgan fingerprint density at radius 3 is 1.94 bits per heavy atom. The predicted molar refractivity (Wildman–Crippen MR) is 131 cm³/mol. The number of carboxylic acids is 1. The van der Waals surface area contributed by atoms with Gasteiger partial charge in [0.2, 0.25) is 5.91 Å². The van der Waals surface area contributed by atoms with Crippen LogP contribution in [0.5, 0.6) is 0 Å². The fourth-order valence-electron chi connectivity index (χ4n) is 3.85. The molecule has 33 heavy (non-hydrogen) atoms. The van der Waals surface area contributed by atoms with Crippen molar-refractivity contribution in [2.24, 2.45) is 10.9 Å². The molecule has 0 rings (SSSR count). The van der Waals surface area contributed by atoms with Crippen LogP contribution in [0, 0.1) is 5.92 Å². The molecular weight excluding hydrogens is 443 g/mol. The second-order valence-corrected chi connectivity index (χ2v) is 9.00. The third-order valence-electron chi connectivity index (χ3n) is 6.07. The zero-order valence-electron chi connectivity index (χ0n) is 22.0. The Kier molecular flexibility index (Phi) is 26.8. The van der Waals surface area contributed by atoms with Gasteiger partial charge in [-0.15, -0.1) is 0 Å². The summed E-state index contributed by atoms with van der Waals surface area (Å²) in [6.07, 6.45) is 16.7. The van der Waals surface area contributed by atoms with Crippen LogP contribution < -0.4 is 61.8 Å². The zero-order valence-corrected chi connectivity index (χ0v) is 25.1. The van der Waals surface area contributed by atoms with E-state index >= 15 is 0 Å². The Balaban J connectivity index is 0. The average Bonchev–Trinajstić information content (AvgIpc) is 2.77. The Labute approximate surface area is 245 Å². The molecule has 0 saturated carbocycles. The quantitative estimate of drug-likeness (QED) is 0.105. The second-order valence-electron chi connectivity index (χ2n) is 9.00. The molecule has 0 aromatic carbocycles. The molecule has 0 aliphatic rings. The summed E-state index contributed by atoms with van der Waals surface area (Å²) < 4.78 is 0. The normalized spacial score (nSPS) is 13.2. The van der Waals surface area contributed by atoms with Gasteiger partial charge in [-0.05, 0) is 50.8 Å². The summed E-state index contributed by atoms with van der Waals surface area (Å²) in [6, 6.07) is -0.865. The van der Waals surface area contributed by atoms with E-state index in [1.165, 1.54) is 44.9 Å². The molecule has 0 bridgehead atoms. The van der Waals surface area contributed by atoms with Crippen molar-refractivity contribution in [3.8, 4) is 0 Å². The monoisotopic (exact) mass is 492 g/mol. The van der Waals surface area contributed by atoms with Gasteiger partial charge in [0, 0.05) is 12.5 Å². The van der Waals surface area contributed by atoms with Gasteiger partial charge in [0.25, 0.3) is 0 Å². The molecule has 2 unspecified atom stereocenters. The molecule has 2 N–H and O–H groups in total. The van der Waals surface area contributed by atoms with E-state index in [1.807, 2.05) is 6.92 Å². The van der Waals surface area contributed by atoms with Crippen LogP contribution in [0.4, 0.5) is 0 Å². The molecule has 2 atom stereocenters. The minimum atomic E-state index is -0.998. The average molecular weight is 493 g/mol. The maximum absolute atomic E-state index is 12.4. The number of aliphatic carboxylic acids is 1. The van der Waals surface area contributed by atoms with Crippen LogP contribution in [0.2, 0.25) is 0 Å². The molecule has 0 saturated heterocycles. The first-order chi connectivity index (χ1) is 15.5. The standard InChI is InChI=1S/C26H50N2O4.K/c1-4-7-9-10-11-12-13-14-15-20-24(29)27-21-17-16-19-23(26(31)32)28-25(30)22(6-3)18-8-5-2;/h22-23H,4-21H2,1-3H3,(H,27,29)(H,28,30)(H,31,32);/q;+1/p-1. The van der Waals surface area contributed by atoms with Crippen LogP contribution in [0.15, 0.2) is 4.99 Å². The van der Waals surface area contributed by atoms with Crippen LogP contribution in [0.1, 0.15) is 130 Å². The van der Waals surface area contributed by atoms with Crippen LogP contribution in [-0.4, -0.2) is 35.5 Å². The summed E-state index contributed by atoms with van der Waals surface area (Å²) >= 11 is 0. The third kappa shape index (κ3) is 21.1. The predicted octanol–water partition coefficient (Wildman–Crippen LogP) is 2.63. The van der Waals surface area contributed by atoms with Crippen molar-refractivity contribution in [3.05, 3.63) is 0 Å². The van der Waals surface area contributed by atoms with Crippen molar-refractivity contribution in [1.82, 2.24) is 5.32 Å². The van der Waals surface area contributed by atoms with Gasteiger partial charge in [0.15, 0.2) is 0 Å².